The smallest absolute Gasteiger partial charge is 0.224 e. The lowest BCUT2D eigenvalue weighted by atomic mass is 10.1. The second kappa shape index (κ2) is 8.68. The molecular weight excluding hydrogens is 295 g/mol. The van der Waals surface area contributed by atoms with Crippen molar-refractivity contribution in [1.29, 1.82) is 0 Å². The summed E-state index contributed by atoms with van der Waals surface area (Å²) in [5, 5.41) is 5.47. The number of hydrogen-bond donors (Lipinski definition) is 2. The molecule has 0 saturated heterocycles. The SMILES string of the molecule is O=C(Cc1ccccc1)NCCNC(=O)Cc1ccc(F)cc1. The first kappa shape index (κ1) is 16.7. The molecule has 2 rings (SSSR count). The Bertz CT molecular complexity index is 642. The summed E-state index contributed by atoms with van der Waals surface area (Å²) in [7, 11) is 0. The van der Waals surface area contributed by atoms with Crippen molar-refractivity contribution in [3.05, 3.63) is 71.5 Å². The number of carbonyl (C=O) groups excluding carboxylic acids is 2. The molecule has 0 bridgehead atoms. The first-order valence-electron chi connectivity index (χ1n) is 7.45. The van der Waals surface area contributed by atoms with Gasteiger partial charge in [-0.2, -0.15) is 0 Å². The van der Waals surface area contributed by atoms with E-state index in [1.165, 1.54) is 12.1 Å². The van der Waals surface area contributed by atoms with Gasteiger partial charge >= 0.3 is 0 Å². The van der Waals surface area contributed by atoms with Crippen molar-refractivity contribution in [2.24, 2.45) is 0 Å². The Hall–Kier alpha value is -2.69. The van der Waals surface area contributed by atoms with Gasteiger partial charge in [0.05, 0.1) is 12.8 Å². The Labute approximate surface area is 134 Å². The zero-order chi connectivity index (χ0) is 16.5. The van der Waals surface area contributed by atoms with E-state index in [0.29, 0.717) is 19.5 Å². The van der Waals surface area contributed by atoms with E-state index in [9.17, 15) is 14.0 Å². The molecular formula is C18H19FN2O2. The summed E-state index contributed by atoms with van der Waals surface area (Å²) in [5.74, 6) is -0.562. The van der Waals surface area contributed by atoms with Crippen LogP contribution in [0.25, 0.3) is 0 Å². The highest BCUT2D eigenvalue weighted by atomic mass is 19.1. The van der Waals surface area contributed by atoms with Crippen LogP contribution in [-0.2, 0) is 22.4 Å². The van der Waals surface area contributed by atoms with E-state index in [2.05, 4.69) is 10.6 Å². The molecule has 2 amide bonds. The quantitative estimate of drug-likeness (QED) is 0.766. The molecule has 0 heterocycles. The van der Waals surface area contributed by atoms with E-state index >= 15 is 0 Å². The molecule has 5 heteroatoms. The molecule has 0 aliphatic heterocycles. The summed E-state index contributed by atoms with van der Waals surface area (Å²) < 4.78 is 12.8. The van der Waals surface area contributed by atoms with Crippen LogP contribution in [0.4, 0.5) is 4.39 Å². The summed E-state index contributed by atoms with van der Waals surface area (Å²) in [6.07, 6.45) is 0.516. The minimum Gasteiger partial charge on any atom is -0.354 e. The second-order valence-corrected chi connectivity index (χ2v) is 5.17. The van der Waals surface area contributed by atoms with E-state index in [1.54, 1.807) is 12.1 Å². The minimum atomic E-state index is -0.324. The monoisotopic (exact) mass is 314 g/mol. The van der Waals surface area contributed by atoms with Crippen LogP contribution in [0.15, 0.2) is 54.6 Å². The Morgan fingerprint density at radius 3 is 1.74 bits per heavy atom. The van der Waals surface area contributed by atoms with Gasteiger partial charge in [0.1, 0.15) is 5.82 Å². The largest absolute Gasteiger partial charge is 0.354 e. The van der Waals surface area contributed by atoms with Gasteiger partial charge in [-0.3, -0.25) is 9.59 Å². The third kappa shape index (κ3) is 6.30. The fraction of sp³-hybridized carbons (Fsp3) is 0.222. The fourth-order valence-corrected chi connectivity index (χ4v) is 2.10. The molecule has 120 valence electrons. The summed E-state index contributed by atoms with van der Waals surface area (Å²) in [6, 6.07) is 15.3. The molecule has 0 spiro atoms. The van der Waals surface area contributed by atoms with E-state index in [4.69, 9.17) is 0 Å². The van der Waals surface area contributed by atoms with Crippen molar-refractivity contribution < 1.29 is 14.0 Å². The van der Waals surface area contributed by atoms with Gasteiger partial charge in [0.25, 0.3) is 0 Å². The van der Waals surface area contributed by atoms with Crippen LogP contribution in [0.2, 0.25) is 0 Å². The standard InChI is InChI=1S/C18H19FN2O2/c19-16-8-6-15(7-9-16)13-18(23)21-11-10-20-17(22)12-14-4-2-1-3-5-14/h1-9H,10-13H2,(H,20,22)(H,21,23). The lowest BCUT2D eigenvalue weighted by Gasteiger charge is -2.07. The molecule has 0 unspecified atom stereocenters. The van der Waals surface area contributed by atoms with Gasteiger partial charge in [-0.15, -0.1) is 0 Å². The summed E-state index contributed by atoms with van der Waals surface area (Å²) >= 11 is 0. The van der Waals surface area contributed by atoms with Crippen molar-refractivity contribution in [3.8, 4) is 0 Å². The van der Waals surface area contributed by atoms with Gasteiger partial charge in [-0.25, -0.2) is 4.39 Å². The van der Waals surface area contributed by atoms with Crippen molar-refractivity contribution in [2.45, 2.75) is 12.8 Å². The molecule has 2 aromatic rings. The van der Waals surface area contributed by atoms with Crippen LogP contribution in [0.1, 0.15) is 11.1 Å². The average molecular weight is 314 g/mol. The Kier molecular flexibility index (Phi) is 6.29. The number of amides is 2. The molecule has 0 atom stereocenters. The third-order valence-electron chi connectivity index (χ3n) is 3.25. The maximum absolute atomic E-state index is 12.8. The number of benzene rings is 2. The highest BCUT2D eigenvalue weighted by Crippen LogP contribution is 2.03. The van der Waals surface area contributed by atoms with E-state index < -0.39 is 0 Å². The maximum atomic E-state index is 12.8. The number of nitrogens with one attached hydrogen (secondary N) is 2. The molecule has 0 radical (unpaired) electrons. The third-order valence-corrected chi connectivity index (χ3v) is 3.25. The highest BCUT2D eigenvalue weighted by Gasteiger charge is 2.05. The molecule has 0 aromatic heterocycles. The van der Waals surface area contributed by atoms with Gasteiger partial charge in [0, 0.05) is 13.1 Å². The van der Waals surface area contributed by atoms with Crippen LogP contribution in [-0.4, -0.2) is 24.9 Å². The molecule has 0 fully saturated rings. The molecule has 0 saturated carbocycles. The van der Waals surface area contributed by atoms with Crippen LogP contribution in [0.5, 0.6) is 0 Å². The van der Waals surface area contributed by atoms with Crippen molar-refractivity contribution >= 4 is 11.8 Å². The van der Waals surface area contributed by atoms with E-state index in [-0.39, 0.29) is 24.1 Å². The lowest BCUT2D eigenvalue weighted by molar-refractivity contribution is -0.122. The van der Waals surface area contributed by atoms with E-state index in [0.717, 1.165) is 11.1 Å². The second-order valence-electron chi connectivity index (χ2n) is 5.17. The van der Waals surface area contributed by atoms with Gasteiger partial charge in [-0.05, 0) is 23.3 Å². The molecule has 23 heavy (non-hydrogen) atoms. The first-order chi connectivity index (χ1) is 11.1. The van der Waals surface area contributed by atoms with Gasteiger partial charge < -0.3 is 10.6 Å². The van der Waals surface area contributed by atoms with Crippen LogP contribution in [0, 0.1) is 5.82 Å². The molecule has 2 N–H and O–H groups in total. The van der Waals surface area contributed by atoms with Crippen molar-refractivity contribution in [3.63, 3.8) is 0 Å². The molecule has 0 aliphatic carbocycles. The predicted octanol–water partition coefficient (Wildman–Crippen LogP) is 1.84. The lowest BCUT2D eigenvalue weighted by Crippen LogP contribution is -2.35. The van der Waals surface area contributed by atoms with Crippen molar-refractivity contribution in [1.82, 2.24) is 10.6 Å². The number of carbonyl (C=O) groups is 2. The zero-order valence-corrected chi connectivity index (χ0v) is 12.7. The average Bonchev–Trinajstić information content (AvgIpc) is 2.55. The molecule has 2 aromatic carbocycles. The van der Waals surface area contributed by atoms with Gasteiger partial charge in [-0.1, -0.05) is 42.5 Å². The van der Waals surface area contributed by atoms with Crippen LogP contribution >= 0.6 is 0 Å². The molecule has 0 aliphatic rings. The van der Waals surface area contributed by atoms with Gasteiger partial charge in [0.15, 0.2) is 0 Å². The molecule has 4 nitrogen and oxygen atoms in total. The summed E-state index contributed by atoms with van der Waals surface area (Å²) in [5.41, 5.74) is 1.70. The predicted molar refractivity (Wildman–Crippen MR) is 86.3 cm³/mol. The first-order valence-corrected chi connectivity index (χ1v) is 7.45. The van der Waals surface area contributed by atoms with Crippen LogP contribution in [0.3, 0.4) is 0 Å². The topological polar surface area (TPSA) is 58.2 Å². The number of rotatable bonds is 7. The van der Waals surface area contributed by atoms with Crippen molar-refractivity contribution in [2.75, 3.05) is 13.1 Å². The zero-order valence-electron chi connectivity index (χ0n) is 12.7. The maximum Gasteiger partial charge on any atom is 0.224 e. The fourth-order valence-electron chi connectivity index (χ4n) is 2.10. The Morgan fingerprint density at radius 2 is 1.22 bits per heavy atom. The Morgan fingerprint density at radius 1 is 0.739 bits per heavy atom. The van der Waals surface area contributed by atoms with Crippen LogP contribution < -0.4 is 10.6 Å². The summed E-state index contributed by atoms with van der Waals surface area (Å²) in [4.78, 5) is 23.4. The highest BCUT2D eigenvalue weighted by molar-refractivity contribution is 5.79. The van der Waals surface area contributed by atoms with E-state index in [1.807, 2.05) is 30.3 Å². The minimum absolute atomic E-state index is 0.0796. The number of hydrogen-bond acceptors (Lipinski definition) is 2. The van der Waals surface area contributed by atoms with Gasteiger partial charge in [0.2, 0.25) is 11.8 Å². The Balaban J connectivity index is 1.62. The normalized spacial score (nSPS) is 10.1. The number of halogens is 1. The summed E-state index contributed by atoms with van der Waals surface area (Å²) in [6.45, 7) is 0.737.